The molecule has 0 aromatic heterocycles. The third kappa shape index (κ3) is 4.17. The number of anilines is 3. The van der Waals surface area contributed by atoms with Crippen LogP contribution in [0.25, 0.3) is 0 Å². The average molecular weight is 448 g/mol. The normalized spacial score (nSPS) is 19.3. The molecule has 33 heavy (non-hydrogen) atoms. The summed E-state index contributed by atoms with van der Waals surface area (Å²) in [4.78, 5) is 2.18. The lowest BCUT2D eigenvalue weighted by atomic mass is 9.84. The summed E-state index contributed by atoms with van der Waals surface area (Å²) in [7, 11) is 3.33. The van der Waals surface area contributed by atoms with E-state index in [1.165, 1.54) is 5.06 Å². The highest BCUT2D eigenvalue weighted by Gasteiger charge is 2.52. The Bertz CT molecular complexity index is 1030. The summed E-state index contributed by atoms with van der Waals surface area (Å²) in [6.45, 7) is 8.31. The average Bonchev–Trinajstić information content (AvgIpc) is 2.99. The van der Waals surface area contributed by atoms with E-state index in [0.717, 1.165) is 34.1 Å². The Morgan fingerprint density at radius 2 is 1.12 bits per heavy atom. The van der Waals surface area contributed by atoms with Crippen LogP contribution in [-0.2, 0) is 0 Å². The van der Waals surface area contributed by atoms with Crippen molar-refractivity contribution in [1.29, 1.82) is 0 Å². The van der Waals surface area contributed by atoms with Gasteiger partial charge >= 0.3 is 0 Å². The Morgan fingerprint density at radius 1 is 0.727 bits per heavy atom. The first kappa shape index (κ1) is 23.1. The largest absolute Gasteiger partial charge is 0.497 e. The van der Waals surface area contributed by atoms with Gasteiger partial charge in [0.25, 0.3) is 0 Å². The van der Waals surface area contributed by atoms with Crippen molar-refractivity contribution >= 4 is 17.1 Å². The summed E-state index contributed by atoms with van der Waals surface area (Å²) >= 11 is 0. The molecular formula is C27H33N3O3. The van der Waals surface area contributed by atoms with Crippen LogP contribution in [0.1, 0.15) is 39.4 Å². The minimum atomic E-state index is -0.408. The number of methoxy groups -OCH3 is 2. The third-order valence-electron chi connectivity index (χ3n) is 6.97. The quantitative estimate of drug-likeness (QED) is 0.482. The third-order valence-corrected chi connectivity index (χ3v) is 6.97. The van der Waals surface area contributed by atoms with Crippen LogP contribution in [-0.4, -0.2) is 35.6 Å². The Balaban J connectivity index is 1.70. The van der Waals surface area contributed by atoms with Gasteiger partial charge in [0.1, 0.15) is 17.7 Å². The highest BCUT2D eigenvalue weighted by molar-refractivity contribution is 5.77. The molecule has 6 nitrogen and oxygen atoms in total. The fourth-order valence-corrected chi connectivity index (χ4v) is 4.13. The Labute approximate surface area is 196 Å². The maximum atomic E-state index is 10.9. The molecule has 1 aliphatic rings. The Morgan fingerprint density at radius 3 is 1.45 bits per heavy atom. The zero-order chi connectivity index (χ0) is 23.8. The van der Waals surface area contributed by atoms with E-state index in [-0.39, 0.29) is 11.7 Å². The van der Waals surface area contributed by atoms with Crippen molar-refractivity contribution in [3.05, 3.63) is 78.4 Å². The molecule has 0 amide bonds. The van der Waals surface area contributed by atoms with Crippen LogP contribution in [0.5, 0.6) is 11.5 Å². The molecule has 1 heterocycles. The highest BCUT2D eigenvalue weighted by atomic mass is 16.5. The molecule has 3 aromatic carbocycles. The number of benzene rings is 3. The van der Waals surface area contributed by atoms with E-state index in [9.17, 15) is 5.21 Å². The maximum Gasteiger partial charge on any atom is 0.119 e. The summed E-state index contributed by atoms with van der Waals surface area (Å²) < 4.78 is 10.7. The second-order valence-electron chi connectivity index (χ2n) is 9.40. The van der Waals surface area contributed by atoms with Crippen molar-refractivity contribution in [3.63, 3.8) is 0 Å². The summed E-state index contributed by atoms with van der Waals surface area (Å²) in [6, 6.07) is 24.3. The number of hydroxylamine groups is 2. The Kier molecular flexibility index (Phi) is 6.10. The van der Waals surface area contributed by atoms with Gasteiger partial charge in [0.05, 0.1) is 19.8 Å². The summed E-state index contributed by atoms with van der Waals surface area (Å²) in [5.74, 6) is 1.62. The van der Waals surface area contributed by atoms with Gasteiger partial charge in [0.2, 0.25) is 0 Å². The van der Waals surface area contributed by atoms with Gasteiger partial charge in [0.15, 0.2) is 0 Å². The van der Waals surface area contributed by atoms with Crippen molar-refractivity contribution in [2.45, 2.75) is 44.9 Å². The number of ether oxygens (including phenoxy) is 2. The van der Waals surface area contributed by atoms with E-state index < -0.39 is 5.54 Å². The first-order valence-corrected chi connectivity index (χ1v) is 11.1. The minimum absolute atomic E-state index is 0.247. The van der Waals surface area contributed by atoms with E-state index in [2.05, 4.69) is 48.3 Å². The smallest absolute Gasteiger partial charge is 0.119 e. The van der Waals surface area contributed by atoms with Crippen LogP contribution < -0.4 is 19.7 Å². The molecular weight excluding hydrogens is 414 g/mol. The summed E-state index contributed by atoms with van der Waals surface area (Å²) in [6.07, 6.45) is -0.278. The highest BCUT2D eigenvalue weighted by Crippen LogP contribution is 2.42. The molecule has 174 valence electrons. The van der Waals surface area contributed by atoms with E-state index in [0.29, 0.717) is 0 Å². The first-order chi connectivity index (χ1) is 15.7. The topological polar surface area (TPSA) is 57.2 Å². The molecule has 1 aliphatic heterocycles. The zero-order valence-electron chi connectivity index (χ0n) is 20.2. The van der Waals surface area contributed by atoms with Gasteiger partial charge in [-0.25, -0.2) is 0 Å². The maximum absolute atomic E-state index is 10.9. The summed E-state index contributed by atoms with van der Waals surface area (Å²) in [5.41, 5.74) is 3.38. The molecule has 1 unspecified atom stereocenters. The molecule has 6 heteroatoms. The molecule has 0 bridgehead atoms. The number of nitrogens with one attached hydrogen (secondary N) is 1. The second-order valence-corrected chi connectivity index (χ2v) is 9.40. The van der Waals surface area contributed by atoms with Gasteiger partial charge < -0.3 is 19.6 Å². The second kappa shape index (κ2) is 8.71. The van der Waals surface area contributed by atoms with Gasteiger partial charge in [-0.05, 0) is 93.9 Å². The van der Waals surface area contributed by atoms with Crippen molar-refractivity contribution in [2.24, 2.45) is 0 Å². The van der Waals surface area contributed by atoms with E-state index in [1.807, 2.05) is 62.4 Å². The molecule has 0 aliphatic carbocycles. The van der Waals surface area contributed by atoms with Crippen molar-refractivity contribution < 1.29 is 14.7 Å². The molecule has 2 N–H and O–H groups in total. The van der Waals surface area contributed by atoms with Crippen LogP contribution in [0.4, 0.5) is 17.1 Å². The van der Waals surface area contributed by atoms with Crippen LogP contribution in [0.3, 0.4) is 0 Å². The number of rotatable bonds is 6. The lowest BCUT2D eigenvalue weighted by Crippen LogP contribution is -2.52. The van der Waals surface area contributed by atoms with Crippen molar-refractivity contribution in [3.8, 4) is 11.5 Å². The lowest BCUT2D eigenvalue weighted by molar-refractivity contribution is -0.173. The van der Waals surface area contributed by atoms with Crippen LogP contribution >= 0.6 is 0 Å². The van der Waals surface area contributed by atoms with Crippen molar-refractivity contribution in [1.82, 2.24) is 10.4 Å². The molecule has 1 saturated heterocycles. The predicted molar refractivity (Wildman–Crippen MR) is 132 cm³/mol. The molecule has 0 radical (unpaired) electrons. The standard InChI is InChI=1S/C27H33N3O3/c1-26(2)27(3,4)30(31)25(28-26)19-7-9-20(10-8-19)29(21-11-15-23(32-5)16-12-21)22-13-17-24(33-6)18-14-22/h7-18,25,28,31H,1-6H3. The number of nitrogens with zero attached hydrogens (tertiary/aromatic N) is 2. The number of hydrogen-bond donors (Lipinski definition) is 2. The molecule has 1 fully saturated rings. The van der Waals surface area contributed by atoms with Gasteiger partial charge in [-0.15, -0.1) is 0 Å². The van der Waals surface area contributed by atoms with Crippen LogP contribution in [0, 0.1) is 0 Å². The van der Waals surface area contributed by atoms with E-state index >= 15 is 0 Å². The predicted octanol–water partition coefficient (Wildman–Crippen LogP) is 6.02. The van der Waals surface area contributed by atoms with E-state index in [4.69, 9.17) is 9.47 Å². The monoisotopic (exact) mass is 447 g/mol. The molecule has 3 aromatic rings. The molecule has 1 atom stereocenters. The fraction of sp³-hybridized carbons (Fsp3) is 0.333. The van der Waals surface area contributed by atoms with Crippen molar-refractivity contribution in [2.75, 3.05) is 19.1 Å². The molecule has 4 rings (SSSR count). The lowest BCUT2D eigenvalue weighted by Gasteiger charge is -2.36. The molecule has 0 spiro atoms. The zero-order valence-corrected chi connectivity index (χ0v) is 20.2. The first-order valence-electron chi connectivity index (χ1n) is 11.1. The Hall–Kier alpha value is -3.06. The minimum Gasteiger partial charge on any atom is -0.497 e. The van der Waals surface area contributed by atoms with Gasteiger partial charge in [0, 0.05) is 22.6 Å². The summed E-state index contributed by atoms with van der Waals surface area (Å²) in [5, 5.41) is 15.9. The fourth-order valence-electron chi connectivity index (χ4n) is 4.13. The SMILES string of the molecule is COc1ccc(N(c2ccc(OC)cc2)c2ccc(C3NC(C)(C)C(C)(C)N3O)cc2)cc1. The van der Waals surface area contributed by atoms with E-state index in [1.54, 1.807) is 14.2 Å². The number of hydrogen-bond acceptors (Lipinski definition) is 6. The van der Waals surface area contributed by atoms with Crippen LogP contribution in [0.15, 0.2) is 72.8 Å². The van der Waals surface area contributed by atoms with Gasteiger partial charge in [-0.1, -0.05) is 12.1 Å². The van der Waals surface area contributed by atoms with Gasteiger partial charge in [-0.2, -0.15) is 5.06 Å². The van der Waals surface area contributed by atoms with Crippen LogP contribution in [0.2, 0.25) is 0 Å². The van der Waals surface area contributed by atoms with Gasteiger partial charge in [-0.3, -0.25) is 5.32 Å². The molecule has 0 saturated carbocycles.